The lowest BCUT2D eigenvalue weighted by Crippen LogP contribution is -2.34. The van der Waals surface area contributed by atoms with E-state index in [2.05, 4.69) is 10.6 Å². The molecule has 0 saturated heterocycles. The average Bonchev–Trinajstić information content (AvgIpc) is 3.38. The van der Waals surface area contributed by atoms with Crippen LogP contribution in [0.2, 0.25) is 5.02 Å². The number of amides is 1. The number of hydrogen-bond donors (Lipinski definition) is 3. The second-order valence-electron chi connectivity index (χ2n) is 6.09. The molecule has 0 fully saturated rings. The number of carbonyl (C=O) groups excluding carboxylic acids is 1. The summed E-state index contributed by atoms with van der Waals surface area (Å²) in [4.78, 5) is 12.4. The lowest BCUT2D eigenvalue weighted by atomic mass is 10.1. The van der Waals surface area contributed by atoms with Crippen LogP contribution in [0.3, 0.4) is 0 Å². The topological polar surface area (TPSA) is 93.0 Å². The number of ether oxygens (including phenoxy) is 2. The fourth-order valence-corrected chi connectivity index (χ4v) is 3.13. The molecule has 2 heterocycles. The van der Waals surface area contributed by atoms with Crippen molar-refractivity contribution in [2.45, 2.75) is 6.61 Å². The first-order chi connectivity index (χ1) is 14.0. The number of aliphatic hydroxyl groups excluding tert-OH is 1. The molecule has 1 aliphatic rings. The lowest BCUT2D eigenvalue weighted by Gasteiger charge is -2.12. The predicted octanol–water partition coefficient (Wildman–Crippen LogP) is 3.95. The summed E-state index contributed by atoms with van der Waals surface area (Å²) in [7, 11) is 0. The molecule has 3 N–H and O–H groups in total. The van der Waals surface area contributed by atoms with Crippen molar-refractivity contribution in [2.24, 2.45) is 0 Å². The third kappa shape index (κ3) is 4.19. The molecule has 1 amide bonds. The average molecular weight is 431 g/mol. The van der Waals surface area contributed by atoms with Crippen molar-refractivity contribution in [1.82, 2.24) is 5.32 Å². The Morgan fingerprint density at radius 2 is 1.93 bits per heavy atom. The van der Waals surface area contributed by atoms with Crippen LogP contribution in [0, 0.1) is 0 Å². The second kappa shape index (κ2) is 8.12. The standard InChI is InChI=1S/C20H15ClN2O5S/c21-14-4-1-11(16-6-3-13(9-24)28-16)7-15(14)22-20(29)23-19(25)12-2-5-17-18(8-12)27-10-26-17/h1-8,24H,9-10H2,(H2,22,23,25,29). The summed E-state index contributed by atoms with van der Waals surface area (Å²) in [6.07, 6.45) is 0. The Balaban J connectivity index is 1.46. The summed E-state index contributed by atoms with van der Waals surface area (Å²) in [6.45, 7) is -0.0562. The molecule has 0 unspecified atom stereocenters. The largest absolute Gasteiger partial charge is 0.459 e. The number of halogens is 1. The predicted molar refractivity (Wildman–Crippen MR) is 111 cm³/mol. The number of carbonyl (C=O) groups is 1. The molecule has 9 heteroatoms. The molecule has 3 aromatic rings. The number of aliphatic hydroxyl groups is 1. The van der Waals surface area contributed by atoms with E-state index in [4.69, 9.17) is 42.8 Å². The van der Waals surface area contributed by atoms with Gasteiger partial charge in [0.25, 0.3) is 5.91 Å². The quantitative estimate of drug-likeness (QED) is 0.539. The molecule has 2 aromatic carbocycles. The summed E-state index contributed by atoms with van der Waals surface area (Å²) in [6, 6.07) is 13.5. The van der Waals surface area contributed by atoms with Crippen LogP contribution in [0.4, 0.5) is 5.69 Å². The van der Waals surface area contributed by atoms with Gasteiger partial charge in [0.15, 0.2) is 16.6 Å². The first-order valence-corrected chi connectivity index (χ1v) is 9.33. The molecular weight excluding hydrogens is 416 g/mol. The van der Waals surface area contributed by atoms with E-state index in [1.165, 1.54) is 0 Å². The Kier molecular flexibility index (Phi) is 5.39. The maximum absolute atomic E-state index is 12.4. The van der Waals surface area contributed by atoms with Gasteiger partial charge >= 0.3 is 0 Å². The van der Waals surface area contributed by atoms with Gasteiger partial charge in [0.2, 0.25) is 6.79 Å². The second-order valence-corrected chi connectivity index (χ2v) is 6.91. The van der Waals surface area contributed by atoms with Crippen LogP contribution in [-0.4, -0.2) is 22.9 Å². The SMILES string of the molecule is O=C(NC(=S)Nc1cc(-c2ccc(CO)o2)ccc1Cl)c1ccc2c(c1)OCO2. The molecule has 4 rings (SSSR count). The minimum Gasteiger partial charge on any atom is -0.459 e. The molecule has 0 saturated carbocycles. The molecule has 0 bridgehead atoms. The molecule has 0 atom stereocenters. The number of hydrogen-bond acceptors (Lipinski definition) is 6. The van der Waals surface area contributed by atoms with Crippen LogP contribution in [0.1, 0.15) is 16.1 Å². The van der Waals surface area contributed by atoms with Crippen LogP contribution in [0.15, 0.2) is 52.9 Å². The number of rotatable bonds is 4. The van der Waals surface area contributed by atoms with Gasteiger partial charge in [0.1, 0.15) is 18.1 Å². The molecule has 1 aliphatic heterocycles. The van der Waals surface area contributed by atoms with Gasteiger partial charge in [-0.3, -0.25) is 10.1 Å². The third-order valence-electron chi connectivity index (χ3n) is 4.18. The van der Waals surface area contributed by atoms with Crippen LogP contribution < -0.4 is 20.1 Å². The molecule has 0 spiro atoms. The molecule has 29 heavy (non-hydrogen) atoms. The van der Waals surface area contributed by atoms with E-state index >= 15 is 0 Å². The first-order valence-electron chi connectivity index (χ1n) is 8.55. The van der Waals surface area contributed by atoms with Crippen molar-refractivity contribution in [2.75, 3.05) is 12.1 Å². The molecule has 0 aliphatic carbocycles. The fraction of sp³-hybridized carbons (Fsp3) is 0.100. The maximum atomic E-state index is 12.4. The molecule has 1 aromatic heterocycles. The highest BCUT2D eigenvalue weighted by Crippen LogP contribution is 2.33. The van der Waals surface area contributed by atoms with Gasteiger partial charge in [-0.2, -0.15) is 0 Å². The minimum atomic E-state index is -0.397. The summed E-state index contributed by atoms with van der Waals surface area (Å²) < 4.78 is 16.0. The zero-order chi connectivity index (χ0) is 20.4. The Bertz CT molecular complexity index is 1100. The van der Waals surface area contributed by atoms with Crippen molar-refractivity contribution >= 4 is 40.5 Å². The summed E-state index contributed by atoms with van der Waals surface area (Å²) in [5, 5.41) is 15.2. The Morgan fingerprint density at radius 3 is 2.72 bits per heavy atom. The minimum absolute atomic E-state index is 0.0854. The lowest BCUT2D eigenvalue weighted by molar-refractivity contribution is 0.0977. The van der Waals surface area contributed by atoms with Crippen LogP contribution >= 0.6 is 23.8 Å². The van der Waals surface area contributed by atoms with E-state index in [1.807, 2.05) is 0 Å². The monoisotopic (exact) mass is 430 g/mol. The van der Waals surface area contributed by atoms with Gasteiger partial charge in [-0.05, 0) is 60.7 Å². The van der Waals surface area contributed by atoms with Crippen LogP contribution in [-0.2, 0) is 6.61 Å². The number of furan rings is 1. The highest BCUT2D eigenvalue weighted by atomic mass is 35.5. The van der Waals surface area contributed by atoms with Crippen molar-refractivity contribution in [3.8, 4) is 22.8 Å². The zero-order valence-corrected chi connectivity index (χ0v) is 16.5. The summed E-state index contributed by atoms with van der Waals surface area (Å²) in [5.41, 5.74) is 1.62. The summed E-state index contributed by atoms with van der Waals surface area (Å²) in [5.74, 6) is 1.73. The van der Waals surface area contributed by atoms with Crippen LogP contribution in [0.5, 0.6) is 11.5 Å². The third-order valence-corrected chi connectivity index (χ3v) is 4.71. The van der Waals surface area contributed by atoms with Gasteiger partial charge in [-0.15, -0.1) is 0 Å². The maximum Gasteiger partial charge on any atom is 0.257 e. The number of nitrogens with one attached hydrogen (secondary N) is 2. The molecule has 7 nitrogen and oxygen atoms in total. The van der Waals surface area contributed by atoms with Gasteiger partial charge in [-0.25, -0.2) is 0 Å². The van der Waals surface area contributed by atoms with E-state index in [-0.39, 0.29) is 18.5 Å². The van der Waals surface area contributed by atoms with E-state index in [0.29, 0.717) is 39.3 Å². The normalized spacial score (nSPS) is 11.9. The first kappa shape index (κ1) is 19.3. The molecular formula is C20H15ClN2O5S. The van der Waals surface area contributed by atoms with Gasteiger partial charge in [-0.1, -0.05) is 11.6 Å². The van der Waals surface area contributed by atoms with E-state index in [1.54, 1.807) is 48.5 Å². The van der Waals surface area contributed by atoms with Crippen molar-refractivity contribution in [3.63, 3.8) is 0 Å². The number of benzene rings is 2. The van der Waals surface area contributed by atoms with Gasteiger partial charge < -0.3 is 24.3 Å². The number of fused-ring (bicyclic) bond motifs is 1. The van der Waals surface area contributed by atoms with E-state index in [0.717, 1.165) is 5.56 Å². The Hall–Kier alpha value is -3.07. The van der Waals surface area contributed by atoms with E-state index < -0.39 is 5.91 Å². The van der Waals surface area contributed by atoms with Crippen molar-refractivity contribution in [3.05, 3.63) is 64.9 Å². The van der Waals surface area contributed by atoms with Crippen LogP contribution in [0.25, 0.3) is 11.3 Å². The van der Waals surface area contributed by atoms with E-state index in [9.17, 15) is 4.79 Å². The smallest absolute Gasteiger partial charge is 0.257 e. The molecule has 0 radical (unpaired) electrons. The Labute approximate surface area is 176 Å². The Morgan fingerprint density at radius 1 is 1.10 bits per heavy atom. The highest BCUT2D eigenvalue weighted by molar-refractivity contribution is 7.80. The molecule has 148 valence electrons. The number of anilines is 1. The van der Waals surface area contributed by atoms with Crippen molar-refractivity contribution in [1.29, 1.82) is 0 Å². The van der Waals surface area contributed by atoms with Gasteiger partial charge in [0, 0.05) is 11.1 Å². The fourth-order valence-electron chi connectivity index (χ4n) is 2.76. The van der Waals surface area contributed by atoms with Crippen molar-refractivity contribution < 1.29 is 23.8 Å². The summed E-state index contributed by atoms with van der Waals surface area (Å²) >= 11 is 11.5. The zero-order valence-electron chi connectivity index (χ0n) is 14.9. The highest BCUT2D eigenvalue weighted by Gasteiger charge is 2.17. The number of thiocarbonyl (C=S) groups is 1. The van der Waals surface area contributed by atoms with Gasteiger partial charge in [0.05, 0.1) is 10.7 Å².